The molecule has 0 aromatic heterocycles. The number of hydrogen-bond donors (Lipinski definition) is 0. The minimum atomic E-state index is -1.68. The van der Waals surface area contributed by atoms with Gasteiger partial charge in [-0.05, 0) is 32.0 Å². The van der Waals surface area contributed by atoms with E-state index in [1.165, 1.54) is 0 Å². The summed E-state index contributed by atoms with van der Waals surface area (Å²) in [6, 6.07) is 0. The van der Waals surface area contributed by atoms with Gasteiger partial charge >= 0.3 is 5.97 Å². The zero-order valence-corrected chi connectivity index (χ0v) is 14.4. The SMILES string of the molecule is CCOC(=O)/C(C)=C\C=C\CO[Si](C)(C)C(C)(C)C. The first kappa shape index (κ1) is 18.1. The molecule has 0 aliphatic heterocycles. The van der Waals surface area contributed by atoms with Crippen molar-refractivity contribution in [2.24, 2.45) is 0 Å². The van der Waals surface area contributed by atoms with Crippen LogP contribution in [0.1, 0.15) is 34.6 Å². The molecule has 0 spiro atoms. The Morgan fingerprint density at radius 1 is 1.26 bits per heavy atom. The first-order valence-corrected chi connectivity index (χ1v) is 9.67. The molecule has 4 heteroatoms. The minimum Gasteiger partial charge on any atom is -0.463 e. The summed E-state index contributed by atoms with van der Waals surface area (Å²) >= 11 is 0. The highest BCUT2D eigenvalue weighted by Gasteiger charge is 2.36. The molecular formula is C15H28O3Si. The van der Waals surface area contributed by atoms with Crippen molar-refractivity contribution in [3.63, 3.8) is 0 Å². The van der Waals surface area contributed by atoms with Crippen LogP contribution in [-0.2, 0) is 14.0 Å². The van der Waals surface area contributed by atoms with E-state index in [1.54, 1.807) is 19.9 Å². The van der Waals surface area contributed by atoms with Gasteiger partial charge in [-0.2, -0.15) is 0 Å². The Balaban J connectivity index is 4.26. The molecule has 0 saturated carbocycles. The summed E-state index contributed by atoms with van der Waals surface area (Å²) < 4.78 is 10.9. The summed E-state index contributed by atoms with van der Waals surface area (Å²) in [5, 5.41) is 0.220. The van der Waals surface area contributed by atoms with Crippen LogP contribution in [0.2, 0.25) is 18.1 Å². The molecule has 0 aliphatic rings. The van der Waals surface area contributed by atoms with E-state index in [0.29, 0.717) is 18.8 Å². The van der Waals surface area contributed by atoms with Crippen molar-refractivity contribution in [1.82, 2.24) is 0 Å². The summed E-state index contributed by atoms with van der Waals surface area (Å²) in [5.74, 6) is -0.266. The van der Waals surface area contributed by atoms with Crippen LogP contribution in [0.25, 0.3) is 0 Å². The van der Waals surface area contributed by atoms with Gasteiger partial charge in [0.1, 0.15) is 0 Å². The first-order chi connectivity index (χ1) is 8.62. The fourth-order valence-electron chi connectivity index (χ4n) is 1.05. The number of carbonyl (C=O) groups excluding carboxylic acids is 1. The van der Waals surface area contributed by atoms with Gasteiger partial charge in [-0.15, -0.1) is 0 Å². The van der Waals surface area contributed by atoms with Crippen LogP contribution in [0, 0.1) is 0 Å². The van der Waals surface area contributed by atoms with Gasteiger partial charge < -0.3 is 9.16 Å². The minimum absolute atomic E-state index is 0.220. The largest absolute Gasteiger partial charge is 0.463 e. The van der Waals surface area contributed by atoms with Gasteiger partial charge in [0.15, 0.2) is 8.32 Å². The highest BCUT2D eigenvalue weighted by molar-refractivity contribution is 6.74. The Bertz CT molecular complexity index is 349. The van der Waals surface area contributed by atoms with E-state index in [-0.39, 0.29) is 11.0 Å². The van der Waals surface area contributed by atoms with E-state index in [0.717, 1.165) is 0 Å². The van der Waals surface area contributed by atoms with Gasteiger partial charge in [0, 0.05) is 5.57 Å². The summed E-state index contributed by atoms with van der Waals surface area (Å²) in [7, 11) is -1.68. The standard InChI is InChI=1S/C15H28O3Si/c1-8-17-14(16)13(2)11-9-10-12-18-19(6,7)15(3,4)5/h9-11H,8,12H2,1-7H3/b10-9+,13-11-. The van der Waals surface area contributed by atoms with Crippen LogP contribution in [0.5, 0.6) is 0 Å². The smallest absolute Gasteiger partial charge is 0.333 e. The first-order valence-electron chi connectivity index (χ1n) is 6.76. The Hall–Kier alpha value is -0.873. The fraction of sp³-hybridized carbons (Fsp3) is 0.667. The van der Waals surface area contributed by atoms with Gasteiger partial charge in [0.25, 0.3) is 0 Å². The average molecular weight is 284 g/mol. The van der Waals surface area contributed by atoms with Crippen LogP contribution in [0.15, 0.2) is 23.8 Å². The maximum atomic E-state index is 11.3. The van der Waals surface area contributed by atoms with E-state index in [1.807, 2.05) is 12.2 Å². The van der Waals surface area contributed by atoms with Gasteiger partial charge in [-0.1, -0.05) is 39.0 Å². The van der Waals surface area contributed by atoms with Crippen LogP contribution >= 0.6 is 0 Å². The summed E-state index contributed by atoms with van der Waals surface area (Å²) in [4.78, 5) is 11.3. The van der Waals surface area contributed by atoms with E-state index in [2.05, 4.69) is 33.9 Å². The number of hydrogen-bond acceptors (Lipinski definition) is 3. The Morgan fingerprint density at radius 3 is 2.32 bits per heavy atom. The summed E-state index contributed by atoms with van der Waals surface area (Å²) in [6.45, 7) is 15.6. The Labute approximate surface area is 118 Å². The molecule has 0 heterocycles. The van der Waals surface area contributed by atoms with Crippen molar-refractivity contribution in [3.05, 3.63) is 23.8 Å². The van der Waals surface area contributed by atoms with Crippen molar-refractivity contribution >= 4 is 14.3 Å². The average Bonchev–Trinajstić information content (AvgIpc) is 2.26. The molecule has 19 heavy (non-hydrogen) atoms. The van der Waals surface area contributed by atoms with Crippen LogP contribution < -0.4 is 0 Å². The zero-order chi connectivity index (χ0) is 15.1. The second-order valence-electron chi connectivity index (χ2n) is 6.07. The molecule has 0 aliphatic carbocycles. The van der Waals surface area contributed by atoms with Crippen molar-refractivity contribution in [1.29, 1.82) is 0 Å². The number of rotatable bonds is 6. The monoisotopic (exact) mass is 284 g/mol. The molecule has 3 nitrogen and oxygen atoms in total. The van der Waals surface area contributed by atoms with Crippen molar-refractivity contribution in [3.8, 4) is 0 Å². The maximum Gasteiger partial charge on any atom is 0.333 e. The lowest BCUT2D eigenvalue weighted by atomic mass is 10.2. The maximum absolute atomic E-state index is 11.3. The summed E-state index contributed by atoms with van der Waals surface area (Å²) in [6.07, 6.45) is 5.54. The summed E-state index contributed by atoms with van der Waals surface area (Å²) in [5.41, 5.74) is 0.602. The molecule has 0 aromatic rings. The predicted octanol–water partition coefficient (Wildman–Crippen LogP) is 4.07. The van der Waals surface area contributed by atoms with Crippen molar-refractivity contribution in [2.45, 2.75) is 52.8 Å². The quantitative estimate of drug-likeness (QED) is 0.319. The van der Waals surface area contributed by atoms with E-state index in [4.69, 9.17) is 9.16 Å². The molecule has 0 atom stereocenters. The third-order valence-electron chi connectivity index (χ3n) is 3.43. The second kappa shape index (κ2) is 7.65. The van der Waals surface area contributed by atoms with Gasteiger partial charge in [0.2, 0.25) is 0 Å². The Kier molecular flexibility index (Phi) is 7.30. The molecule has 0 amide bonds. The zero-order valence-electron chi connectivity index (χ0n) is 13.4. The molecule has 0 N–H and O–H groups in total. The fourth-order valence-corrected chi connectivity index (χ4v) is 2.00. The molecule has 0 saturated heterocycles. The van der Waals surface area contributed by atoms with E-state index in [9.17, 15) is 4.79 Å². The molecule has 0 radical (unpaired) electrons. The molecule has 0 unspecified atom stereocenters. The molecular weight excluding hydrogens is 256 g/mol. The normalized spacial score (nSPS) is 13.9. The molecule has 110 valence electrons. The predicted molar refractivity (Wildman–Crippen MR) is 82.7 cm³/mol. The van der Waals surface area contributed by atoms with E-state index >= 15 is 0 Å². The van der Waals surface area contributed by atoms with E-state index < -0.39 is 8.32 Å². The highest BCUT2D eigenvalue weighted by Crippen LogP contribution is 2.36. The number of ether oxygens (including phenoxy) is 1. The topological polar surface area (TPSA) is 35.5 Å². The van der Waals surface area contributed by atoms with Gasteiger partial charge in [-0.3, -0.25) is 0 Å². The van der Waals surface area contributed by atoms with Gasteiger partial charge in [0.05, 0.1) is 13.2 Å². The van der Waals surface area contributed by atoms with Crippen LogP contribution in [0.3, 0.4) is 0 Å². The van der Waals surface area contributed by atoms with Crippen molar-refractivity contribution in [2.75, 3.05) is 13.2 Å². The molecule has 0 rings (SSSR count). The van der Waals surface area contributed by atoms with Gasteiger partial charge in [-0.25, -0.2) is 4.79 Å². The van der Waals surface area contributed by atoms with Crippen LogP contribution in [-0.4, -0.2) is 27.5 Å². The molecule has 0 aromatic carbocycles. The second-order valence-corrected chi connectivity index (χ2v) is 10.9. The van der Waals surface area contributed by atoms with Crippen molar-refractivity contribution < 1.29 is 14.0 Å². The lowest BCUT2D eigenvalue weighted by molar-refractivity contribution is -0.138. The molecule has 0 bridgehead atoms. The number of allylic oxidation sites excluding steroid dienone is 2. The number of esters is 1. The molecule has 0 fully saturated rings. The lowest BCUT2D eigenvalue weighted by Crippen LogP contribution is -2.40. The third kappa shape index (κ3) is 6.73. The highest BCUT2D eigenvalue weighted by atomic mass is 28.4. The third-order valence-corrected chi connectivity index (χ3v) is 7.93. The van der Waals surface area contributed by atoms with Crippen LogP contribution in [0.4, 0.5) is 0 Å². The lowest BCUT2D eigenvalue weighted by Gasteiger charge is -2.35. The Morgan fingerprint density at radius 2 is 1.84 bits per heavy atom. The number of carbonyl (C=O) groups is 1.